The summed E-state index contributed by atoms with van der Waals surface area (Å²) in [4.78, 5) is 21.2. The van der Waals surface area contributed by atoms with Gasteiger partial charge in [-0.3, -0.25) is 4.90 Å². The maximum Gasteiger partial charge on any atom is 0.407 e. The molecule has 2 aliphatic heterocycles. The number of carbonyl (C=O) groups is 1. The summed E-state index contributed by atoms with van der Waals surface area (Å²) in [5.74, 6) is 1.03. The molecule has 1 aromatic carbocycles. The summed E-state index contributed by atoms with van der Waals surface area (Å²) in [7, 11) is 0. The fraction of sp³-hybridized carbons (Fsp3) is 0.636. The molecule has 5 rings (SSSR count). The number of hydrogen-bond donors (Lipinski definition) is 1. The van der Waals surface area contributed by atoms with Gasteiger partial charge in [-0.1, -0.05) is 36.7 Å². The van der Waals surface area contributed by atoms with Crippen LogP contribution in [-0.2, 0) is 0 Å². The van der Waals surface area contributed by atoms with Crippen LogP contribution in [0.1, 0.15) is 51.0 Å². The second-order valence-electron chi connectivity index (χ2n) is 10.1. The monoisotopic (exact) mass is 477 g/mol. The second-order valence-corrected chi connectivity index (χ2v) is 12.1. The average Bonchev–Trinajstić information content (AvgIpc) is 3.23. The molecule has 3 atom stereocenters. The minimum atomic E-state index is -0.744. The van der Waals surface area contributed by atoms with Crippen molar-refractivity contribution in [3.63, 3.8) is 0 Å². The van der Waals surface area contributed by atoms with Crippen molar-refractivity contribution in [2.75, 3.05) is 13.1 Å². The Balaban J connectivity index is 1.24. The number of rotatable bonds is 2. The van der Waals surface area contributed by atoms with E-state index in [-0.39, 0.29) is 17.5 Å². The quantitative estimate of drug-likeness (QED) is 0.628. The topological polar surface area (TPSA) is 56.7 Å². The van der Waals surface area contributed by atoms with Crippen LogP contribution in [0.5, 0.6) is 0 Å². The van der Waals surface area contributed by atoms with Crippen LogP contribution in [0.3, 0.4) is 0 Å². The molecule has 29 heavy (non-hydrogen) atoms. The molecular weight excluding hydrogens is 450 g/mol. The standard InChI is InChI=1S/C22H28BrN3O2S/c1-22(2,3)19-8-13-10-25(11-17(13)26(19)21(27)28)15-6-12(7-15)20-24-16-5-4-14(23)9-18(16)29-20/h4-5,9,12-13,15,17,19H,6-8,10-11H2,1-3H3,(H,27,28)/t12?,13-,15?,17+,19?/m1/s1. The SMILES string of the molecule is CC(C)(C)C1C[C@@H]2CN(C3CC(c4nc5ccc(Br)cc5s4)C3)C[C@@H]2N1C(=O)O. The van der Waals surface area contributed by atoms with E-state index in [2.05, 4.69) is 59.8 Å². The highest BCUT2D eigenvalue weighted by Gasteiger charge is 2.53. The van der Waals surface area contributed by atoms with Gasteiger partial charge in [0.05, 0.1) is 21.3 Å². The van der Waals surface area contributed by atoms with Gasteiger partial charge in [0.15, 0.2) is 0 Å². The first-order valence-corrected chi connectivity index (χ1v) is 12.1. The summed E-state index contributed by atoms with van der Waals surface area (Å²) < 4.78 is 2.35. The van der Waals surface area contributed by atoms with Gasteiger partial charge in [0, 0.05) is 35.6 Å². The summed E-state index contributed by atoms with van der Waals surface area (Å²) in [6.45, 7) is 8.44. The number of amides is 1. The first kappa shape index (κ1) is 19.8. The fourth-order valence-corrected chi connectivity index (χ4v) is 7.23. The van der Waals surface area contributed by atoms with Crippen LogP contribution >= 0.6 is 27.3 Å². The van der Waals surface area contributed by atoms with E-state index in [4.69, 9.17) is 4.98 Å². The van der Waals surface area contributed by atoms with Crippen molar-refractivity contribution >= 4 is 43.6 Å². The number of fused-ring (bicyclic) bond motifs is 2. The van der Waals surface area contributed by atoms with E-state index >= 15 is 0 Å². The average molecular weight is 478 g/mol. The highest BCUT2D eigenvalue weighted by molar-refractivity contribution is 9.10. The third kappa shape index (κ3) is 3.39. The fourth-order valence-electron chi connectivity index (χ4n) is 5.59. The van der Waals surface area contributed by atoms with Crippen LogP contribution in [0, 0.1) is 11.3 Å². The Morgan fingerprint density at radius 1 is 1.24 bits per heavy atom. The molecular formula is C22H28BrN3O2S. The van der Waals surface area contributed by atoms with Gasteiger partial charge in [0.2, 0.25) is 0 Å². The Morgan fingerprint density at radius 2 is 2.00 bits per heavy atom. The van der Waals surface area contributed by atoms with Crippen molar-refractivity contribution in [1.82, 2.24) is 14.8 Å². The Morgan fingerprint density at radius 3 is 2.69 bits per heavy atom. The van der Waals surface area contributed by atoms with E-state index < -0.39 is 6.09 Å². The van der Waals surface area contributed by atoms with E-state index in [1.165, 1.54) is 9.71 Å². The molecule has 0 bridgehead atoms. The lowest BCUT2D eigenvalue weighted by Crippen LogP contribution is -2.50. The van der Waals surface area contributed by atoms with Gasteiger partial charge < -0.3 is 10.0 Å². The van der Waals surface area contributed by atoms with Crippen molar-refractivity contribution in [3.8, 4) is 0 Å². The molecule has 1 unspecified atom stereocenters. The molecule has 3 heterocycles. The van der Waals surface area contributed by atoms with Gasteiger partial charge in [-0.15, -0.1) is 11.3 Å². The molecule has 1 saturated carbocycles. The summed E-state index contributed by atoms with van der Waals surface area (Å²) in [5.41, 5.74) is 1.09. The minimum Gasteiger partial charge on any atom is -0.465 e. The highest BCUT2D eigenvalue weighted by Crippen LogP contribution is 2.48. The first-order valence-electron chi connectivity index (χ1n) is 10.5. The predicted octanol–water partition coefficient (Wildman–Crippen LogP) is 5.40. The van der Waals surface area contributed by atoms with E-state index in [1.807, 2.05) is 11.3 Å². The Kier molecular flexibility index (Phi) is 4.72. The van der Waals surface area contributed by atoms with Crippen LogP contribution in [-0.4, -0.2) is 57.2 Å². The van der Waals surface area contributed by atoms with E-state index in [0.29, 0.717) is 17.9 Å². The van der Waals surface area contributed by atoms with Crippen LogP contribution in [0.2, 0.25) is 0 Å². The third-order valence-electron chi connectivity index (χ3n) is 7.22. The summed E-state index contributed by atoms with van der Waals surface area (Å²) in [6, 6.07) is 7.17. The van der Waals surface area contributed by atoms with Crippen LogP contribution < -0.4 is 0 Å². The van der Waals surface area contributed by atoms with Gasteiger partial charge in [-0.05, 0) is 48.8 Å². The van der Waals surface area contributed by atoms with Gasteiger partial charge in [-0.2, -0.15) is 0 Å². The number of nitrogens with zero attached hydrogens (tertiary/aromatic N) is 3. The second kappa shape index (κ2) is 6.92. The molecule has 1 N–H and O–H groups in total. The number of likely N-dealkylation sites (tertiary alicyclic amines) is 2. The number of hydrogen-bond acceptors (Lipinski definition) is 4. The molecule has 156 valence electrons. The lowest BCUT2D eigenvalue weighted by atomic mass is 9.79. The zero-order valence-corrected chi connectivity index (χ0v) is 19.5. The molecule has 2 saturated heterocycles. The van der Waals surface area contributed by atoms with Gasteiger partial charge in [-0.25, -0.2) is 9.78 Å². The van der Waals surface area contributed by atoms with Crippen LogP contribution in [0.4, 0.5) is 4.79 Å². The van der Waals surface area contributed by atoms with E-state index in [1.54, 1.807) is 4.90 Å². The molecule has 3 aliphatic rings. The lowest BCUT2D eigenvalue weighted by Gasteiger charge is -2.42. The molecule has 1 aliphatic carbocycles. The molecule has 5 nitrogen and oxygen atoms in total. The number of thiazole rings is 1. The predicted molar refractivity (Wildman–Crippen MR) is 120 cm³/mol. The van der Waals surface area contributed by atoms with E-state index in [0.717, 1.165) is 42.3 Å². The lowest BCUT2D eigenvalue weighted by molar-refractivity contribution is 0.0691. The maximum absolute atomic E-state index is 12.0. The molecule has 7 heteroatoms. The maximum atomic E-state index is 12.0. The zero-order chi connectivity index (χ0) is 20.5. The molecule has 0 radical (unpaired) electrons. The zero-order valence-electron chi connectivity index (χ0n) is 17.1. The number of benzene rings is 1. The Bertz CT molecular complexity index is 949. The molecule has 2 aromatic rings. The molecule has 0 spiro atoms. The van der Waals surface area contributed by atoms with Crippen molar-refractivity contribution < 1.29 is 9.90 Å². The number of aromatic nitrogens is 1. The first-order chi connectivity index (χ1) is 13.7. The van der Waals surface area contributed by atoms with Gasteiger partial charge in [0.1, 0.15) is 0 Å². The number of carboxylic acid groups (broad SMARTS) is 1. The van der Waals surface area contributed by atoms with Crippen LogP contribution in [0.15, 0.2) is 22.7 Å². The van der Waals surface area contributed by atoms with Crippen LogP contribution in [0.25, 0.3) is 10.2 Å². The summed E-state index contributed by atoms with van der Waals surface area (Å²) in [5, 5.41) is 11.1. The van der Waals surface area contributed by atoms with Crippen molar-refractivity contribution in [1.29, 1.82) is 0 Å². The molecule has 1 amide bonds. The third-order valence-corrected chi connectivity index (χ3v) is 8.89. The van der Waals surface area contributed by atoms with Crippen molar-refractivity contribution in [3.05, 3.63) is 27.7 Å². The normalized spacial score (nSPS) is 32.6. The molecule has 3 fully saturated rings. The highest BCUT2D eigenvalue weighted by atomic mass is 79.9. The smallest absolute Gasteiger partial charge is 0.407 e. The minimum absolute atomic E-state index is 0.00301. The largest absolute Gasteiger partial charge is 0.465 e. The van der Waals surface area contributed by atoms with E-state index in [9.17, 15) is 9.90 Å². The Hall–Kier alpha value is -1.18. The molecule has 1 aromatic heterocycles. The van der Waals surface area contributed by atoms with Crippen molar-refractivity contribution in [2.45, 2.75) is 64.1 Å². The number of halogens is 1. The van der Waals surface area contributed by atoms with Crippen molar-refractivity contribution in [2.24, 2.45) is 11.3 Å². The Labute approximate surface area is 184 Å². The summed E-state index contributed by atoms with van der Waals surface area (Å²) >= 11 is 5.36. The van der Waals surface area contributed by atoms with Gasteiger partial charge in [0.25, 0.3) is 0 Å². The summed E-state index contributed by atoms with van der Waals surface area (Å²) in [6.07, 6.45) is 2.55. The van der Waals surface area contributed by atoms with Gasteiger partial charge >= 0.3 is 6.09 Å².